The first-order valence-electron chi connectivity index (χ1n) is 10.4. The van der Waals surface area contributed by atoms with E-state index in [9.17, 15) is 14.0 Å². The molecule has 2 saturated heterocycles. The number of urea groups is 1. The first-order chi connectivity index (χ1) is 13.6. The molecule has 3 amide bonds. The molecule has 0 saturated carbocycles. The highest BCUT2D eigenvalue weighted by Crippen LogP contribution is 2.21. The van der Waals surface area contributed by atoms with Crippen molar-refractivity contribution in [2.45, 2.75) is 38.5 Å². The molecule has 154 valence electrons. The number of hydrogen-bond donors (Lipinski definition) is 3. The van der Waals surface area contributed by atoms with E-state index in [2.05, 4.69) is 16.0 Å². The van der Waals surface area contributed by atoms with E-state index in [4.69, 9.17) is 0 Å². The lowest BCUT2D eigenvalue weighted by Crippen LogP contribution is -2.44. The van der Waals surface area contributed by atoms with Crippen LogP contribution in [0.4, 0.5) is 14.9 Å². The van der Waals surface area contributed by atoms with Crippen LogP contribution in [0.3, 0.4) is 0 Å². The summed E-state index contributed by atoms with van der Waals surface area (Å²) in [6.07, 6.45) is 5.91. The summed E-state index contributed by atoms with van der Waals surface area (Å²) in [4.78, 5) is 26.6. The summed E-state index contributed by atoms with van der Waals surface area (Å²) in [5.74, 6) is 0.782. The second kappa shape index (κ2) is 10.4. The molecule has 6 nitrogen and oxygen atoms in total. The maximum Gasteiger partial charge on any atom is 0.319 e. The molecule has 2 heterocycles. The quantitative estimate of drug-likeness (QED) is 0.699. The molecular formula is C21H31FN4O2. The third kappa shape index (κ3) is 6.48. The van der Waals surface area contributed by atoms with E-state index in [0.29, 0.717) is 31.1 Å². The molecule has 1 atom stereocenters. The van der Waals surface area contributed by atoms with E-state index in [1.54, 1.807) is 12.1 Å². The molecule has 0 bridgehead atoms. The van der Waals surface area contributed by atoms with Gasteiger partial charge >= 0.3 is 6.03 Å². The van der Waals surface area contributed by atoms with Crippen LogP contribution in [0.5, 0.6) is 0 Å². The molecule has 3 rings (SSSR count). The fourth-order valence-corrected chi connectivity index (χ4v) is 4.09. The zero-order valence-corrected chi connectivity index (χ0v) is 16.4. The summed E-state index contributed by atoms with van der Waals surface area (Å²) in [6, 6.07) is 5.47. The summed E-state index contributed by atoms with van der Waals surface area (Å²) in [7, 11) is 0. The minimum atomic E-state index is -0.385. The number of rotatable bonds is 6. The number of hydrogen-bond acceptors (Lipinski definition) is 3. The van der Waals surface area contributed by atoms with Crippen LogP contribution in [0.15, 0.2) is 24.3 Å². The van der Waals surface area contributed by atoms with Crippen LogP contribution in [0.25, 0.3) is 0 Å². The number of amides is 3. The Kier molecular flexibility index (Phi) is 7.65. The van der Waals surface area contributed by atoms with Gasteiger partial charge in [-0.05, 0) is 75.2 Å². The van der Waals surface area contributed by atoms with Crippen LogP contribution in [0, 0.1) is 17.7 Å². The van der Waals surface area contributed by atoms with Crippen molar-refractivity contribution in [2.75, 3.05) is 38.0 Å². The molecule has 7 heteroatoms. The first-order valence-corrected chi connectivity index (χ1v) is 10.4. The number of carbonyl (C=O) groups excluding carboxylic acids is 2. The molecule has 1 aromatic carbocycles. The summed E-state index contributed by atoms with van der Waals surface area (Å²) in [5.41, 5.74) is 0.427. The number of benzene rings is 1. The van der Waals surface area contributed by atoms with E-state index >= 15 is 0 Å². The van der Waals surface area contributed by atoms with Crippen molar-refractivity contribution in [1.82, 2.24) is 15.5 Å². The van der Waals surface area contributed by atoms with Crippen molar-refractivity contribution in [2.24, 2.45) is 11.8 Å². The molecule has 0 radical (unpaired) electrons. The molecule has 0 aliphatic carbocycles. The molecular weight excluding hydrogens is 359 g/mol. The van der Waals surface area contributed by atoms with Gasteiger partial charge in [-0.25, -0.2) is 9.18 Å². The van der Waals surface area contributed by atoms with Gasteiger partial charge in [0.1, 0.15) is 5.82 Å². The molecule has 3 N–H and O–H groups in total. The lowest BCUT2D eigenvalue weighted by molar-refractivity contribution is -0.133. The van der Waals surface area contributed by atoms with Crippen LogP contribution >= 0.6 is 0 Å². The Bertz CT molecular complexity index is 664. The van der Waals surface area contributed by atoms with Gasteiger partial charge in [-0.2, -0.15) is 0 Å². The van der Waals surface area contributed by atoms with Gasteiger partial charge in [0.2, 0.25) is 5.91 Å². The Labute approximate surface area is 166 Å². The van der Waals surface area contributed by atoms with Gasteiger partial charge in [0.05, 0.1) is 0 Å². The van der Waals surface area contributed by atoms with Crippen LogP contribution < -0.4 is 16.0 Å². The van der Waals surface area contributed by atoms with Crippen molar-refractivity contribution in [3.05, 3.63) is 30.1 Å². The van der Waals surface area contributed by atoms with Gasteiger partial charge in [-0.3, -0.25) is 4.79 Å². The monoisotopic (exact) mass is 390 g/mol. The minimum absolute atomic E-state index is 0.243. The fourth-order valence-electron chi connectivity index (χ4n) is 4.09. The topological polar surface area (TPSA) is 73.5 Å². The van der Waals surface area contributed by atoms with Crippen molar-refractivity contribution in [1.29, 1.82) is 0 Å². The van der Waals surface area contributed by atoms with Crippen molar-refractivity contribution < 1.29 is 14.0 Å². The summed E-state index contributed by atoms with van der Waals surface area (Å²) in [5, 5.41) is 8.84. The molecule has 0 aromatic heterocycles. The van der Waals surface area contributed by atoms with Crippen molar-refractivity contribution in [3.8, 4) is 0 Å². The second-order valence-corrected chi connectivity index (χ2v) is 7.93. The molecule has 2 fully saturated rings. The van der Waals surface area contributed by atoms with Crippen LogP contribution in [-0.2, 0) is 4.79 Å². The van der Waals surface area contributed by atoms with Crippen LogP contribution in [0.2, 0.25) is 0 Å². The highest BCUT2D eigenvalue weighted by molar-refractivity contribution is 5.89. The molecule has 2 aliphatic heterocycles. The summed E-state index contributed by atoms with van der Waals surface area (Å²) in [6.45, 7) is 4.16. The van der Waals surface area contributed by atoms with Gasteiger partial charge in [-0.1, -0.05) is 6.07 Å². The van der Waals surface area contributed by atoms with Gasteiger partial charge in [0.15, 0.2) is 0 Å². The Balaban J connectivity index is 1.37. The zero-order chi connectivity index (χ0) is 19.8. The van der Waals surface area contributed by atoms with Crippen molar-refractivity contribution >= 4 is 17.6 Å². The molecule has 2 aliphatic rings. The summed E-state index contributed by atoms with van der Waals surface area (Å²) < 4.78 is 13.2. The van der Waals surface area contributed by atoms with E-state index in [1.165, 1.54) is 25.0 Å². The van der Waals surface area contributed by atoms with Gasteiger partial charge in [0, 0.05) is 31.7 Å². The Morgan fingerprint density at radius 1 is 1.18 bits per heavy atom. The van der Waals surface area contributed by atoms with E-state index in [-0.39, 0.29) is 23.7 Å². The zero-order valence-electron chi connectivity index (χ0n) is 16.4. The average Bonchev–Trinajstić information content (AvgIpc) is 2.71. The highest BCUT2D eigenvalue weighted by Gasteiger charge is 2.24. The van der Waals surface area contributed by atoms with Crippen LogP contribution in [-0.4, -0.2) is 49.6 Å². The Morgan fingerprint density at radius 2 is 2.00 bits per heavy atom. The summed E-state index contributed by atoms with van der Waals surface area (Å²) >= 11 is 0. The third-order valence-electron chi connectivity index (χ3n) is 5.73. The number of nitrogens with one attached hydrogen (secondary N) is 3. The first kappa shape index (κ1) is 20.6. The standard InChI is InChI=1S/C21H31FN4O2/c22-18-4-1-5-19(13-18)25-21(28)24-14-17-3-2-12-26(15-17)20(27)7-6-16-8-10-23-11-9-16/h1,4-5,13,16-17,23H,2-3,6-12,14-15H2,(H2,24,25,28). The molecule has 28 heavy (non-hydrogen) atoms. The molecule has 1 unspecified atom stereocenters. The van der Waals surface area contributed by atoms with E-state index in [0.717, 1.165) is 38.9 Å². The van der Waals surface area contributed by atoms with Gasteiger partial charge in [0.25, 0.3) is 0 Å². The normalized spacial score (nSPS) is 20.6. The molecule has 0 spiro atoms. The fraction of sp³-hybridized carbons (Fsp3) is 0.619. The lowest BCUT2D eigenvalue weighted by atomic mass is 9.92. The largest absolute Gasteiger partial charge is 0.342 e. The van der Waals surface area contributed by atoms with Crippen LogP contribution in [0.1, 0.15) is 38.5 Å². The minimum Gasteiger partial charge on any atom is -0.342 e. The Morgan fingerprint density at radius 3 is 2.79 bits per heavy atom. The number of likely N-dealkylation sites (tertiary alicyclic amines) is 1. The van der Waals surface area contributed by atoms with E-state index in [1.807, 2.05) is 4.90 Å². The maximum absolute atomic E-state index is 13.2. The average molecular weight is 391 g/mol. The number of halogens is 1. The lowest BCUT2D eigenvalue weighted by Gasteiger charge is -2.33. The van der Waals surface area contributed by atoms with Gasteiger partial charge < -0.3 is 20.9 Å². The SMILES string of the molecule is O=C(NCC1CCCN(C(=O)CCC2CCNCC2)C1)Nc1cccc(F)c1. The van der Waals surface area contributed by atoms with E-state index < -0.39 is 0 Å². The predicted octanol–water partition coefficient (Wildman–Crippen LogP) is 2.97. The van der Waals surface area contributed by atoms with Crippen molar-refractivity contribution in [3.63, 3.8) is 0 Å². The number of nitrogens with zero attached hydrogens (tertiary/aromatic N) is 1. The number of anilines is 1. The second-order valence-electron chi connectivity index (χ2n) is 7.93. The third-order valence-corrected chi connectivity index (χ3v) is 5.73. The number of piperidine rings is 2. The Hall–Kier alpha value is -2.15. The van der Waals surface area contributed by atoms with Gasteiger partial charge in [-0.15, -0.1) is 0 Å². The predicted molar refractivity (Wildman–Crippen MR) is 108 cm³/mol. The molecule has 1 aromatic rings. The smallest absolute Gasteiger partial charge is 0.319 e. The maximum atomic E-state index is 13.2. The highest BCUT2D eigenvalue weighted by atomic mass is 19.1. The number of carbonyl (C=O) groups is 2.